The molecule has 0 amide bonds. The van der Waals surface area contributed by atoms with Gasteiger partial charge in [0, 0.05) is 11.8 Å². The maximum absolute atomic E-state index is 6.07. The quantitative estimate of drug-likeness (QED) is 0.740. The van der Waals surface area contributed by atoms with Crippen LogP contribution in [0.25, 0.3) is 0 Å². The summed E-state index contributed by atoms with van der Waals surface area (Å²) in [6, 6.07) is 0.459. The molecular formula is C12H24N2. The predicted molar refractivity (Wildman–Crippen MR) is 62.7 cm³/mol. The largest absolute Gasteiger partial charge is 0.326 e. The van der Waals surface area contributed by atoms with E-state index in [-0.39, 0.29) is 11.0 Å². The van der Waals surface area contributed by atoms with Crippen molar-refractivity contribution in [3.05, 3.63) is 0 Å². The molecule has 0 bridgehead atoms. The summed E-state index contributed by atoms with van der Waals surface area (Å²) in [5.41, 5.74) is 6.20. The van der Waals surface area contributed by atoms with Crippen molar-refractivity contribution < 1.29 is 0 Å². The summed E-state index contributed by atoms with van der Waals surface area (Å²) in [4.78, 5) is 4.59. The van der Waals surface area contributed by atoms with Gasteiger partial charge >= 0.3 is 0 Å². The Balaban J connectivity index is 2.62. The van der Waals surface area contributed by atoms with Crippen LogP contribution in [-0.2, 0) is 0 Å². The summed E-state index contributed by atoms with van der Waals surface area (Å²) in [6.45, 7) is 11.0. The predicted octanol–water partition coefficient (Wildman–Crippen LogP) is 2.62. The van der Waals surface area contributed by atoms with Crippen LogP contribution in [0.5, 0.6) is 0 Å². The Morgan fingerprint density at radius 3 is 2.29 bits per heavy atom. The van der Waals surface area contributed by atoms with Crippen LogP contribution >= 0.6 is 0 Å². The van der Waals surface area contributed by atoms with Crippen molar-refractivity contribution in [2.45, 2.75) is 59.0 Å². The minimum Gasteiger partial charge on any atom is -0.326 e. The summed E-state index contributed by atoms with van der Waals surface area (Å²) in [5.74, 6) is 0.639. The lowest BCUT2D eigenvalue weighted by atomic mass is 9.74. The molecule has 0 aromatic carbocycles. The summed E-state index contributed by atoms with van der Waals surface area (Å²) < 4.78 is 0. The lowest BCUT2D eigenvalue weighted by Gasteiger charge is -2.36. The van der Waals surface area contributed by atoms with Gasteiger partial charge in [-0.25, -0.2) is 0 Å². The fraction of sp³-hybridized carbons (Fsp3) is 0.917. The zero-order chi connectivity index (χ0) is 11.0. The third-order valence-corrected chi connectivity index (χ3v) is 2.93. The van der Waals surface area contributed by atoms with Crippen LogP contribution < -0.4 is 5.73 Å². The topological polar surface area (TPSA) is 38.4 Å². The number of hydrogen-bond acceptors (Lipinski definition) is 2. The molecule has 0 fully saturated rings. The second-order valence-corrected chi connectivity index (χ2v) is 6.18. The van der Waals surface area contributed by atoms with Gasteiger partial charge in [0.15, 0.2) is 0 Å². The Kier molecular flexibility index (Phi) is 3.05. The van der Waals surface area contributed by atoms with Crippen LogP contribution in [0, 0.1) is 11.3 Å². The van der Waals surface area contributed by atoms with Crippen molar-refractivity contribution >= 4 is 6.21 Å². The average molecular weight is 196 g/mol. The first-order chi connectivity index (χ1) is 6.21. The highest BCUT2D eigenvalue weighted by Gasteiger charge is 2.35. The molecule has 1 aliphatic heterocycles. The normalized spacial score (nSPS) is 28.4. The van der Waals surface area contributed by atoms with Crippen LogP contribution in [-0.4, -0.2) is 17.8 Å². The molecule has 2 heteroatoms. The Morgan fingerprint density at radius 2 is 1.93 bits per heavy atom. The van der Waals surface area contributed by atoms with E-state index in [0.29, 0.717) is 12.0 Å². The first-order valence-corrected chi connectivity index (χ1v) is 5.53. The maximum Gasteiger partial charge on any atom is 0.0553 e. The van der Waals surface area contributed by atoms with Gasteiger partial charge in [-0.05, 0) is 38.0 Å². The summed E-state index contributed by atoms with van der Waals surface area (Å²) in [5, 5.41) is 0. The molecule has 14 heavy (non-hydrogen) atoms. The zero-order valence-corrected chi connectivity index (χ0v) is 10.2. The van der Waals surface area contributed by atoms with E-state index >= 15 is 0 Å². The van der Waals surface area contributed by atoms with Crippen LogP contribution in [0.4, 0.5) is 0 Å². The molecule has 0 saturated carbocycles. The zero-order valence-electron chi connectivity index (χ0n) is 10.2. The molecule has 0 radical (unpaired) electrons. The third-order valence-electron chi connectivity index (χ3n) is 2.93. The highest BCUT2D eigenvalue weighted by atomic mass is 14.8. The van der Waals surface area contributed by atoms with Gasteiger partial charge in [-0.3, -0.25) is 4.99 Å². The molecule has 0 aromatic heterocycles. The Labute approximate surface area is 88.0 Å². The van der Waals surface area contributed by atoms with Gasteiger partial charge in [-0.15, -0.1) is 0 Å². The molecule has 0 aromatic rings. The van der Waals surface area contributed by atoms with E-state index in [1.807, 2.05) is 0 Å². The minimum absolute atomic E-state index is 0.0924. The molecule has 1 aliphatic rings. The lowest BCUT2D eigenvalue weighted by molar-refractivity contribution is 0.206. The van der Waals surface area contributed by atoms with E-state index < -0.39 is 0 Å². The fourth-order valence-electron chi connectivity index (χ4n) is 2.54. The lowest BCUT2D eigenvalue weighted by Crippen LogP contribution is -2.41. The van der Waals surface area contributed by atoms with Crippen LogP contribution in [0.2, 0.25) is 0 Å². The fourth-order valence-corrected chi connectivity index (χ4v) is 2.54. The van der Waals surface area contributed by atoms with E-state index in [0.717, 1.165) is 6.42 Å². The first-order valence-electron chi connectivity index (χ1n) is 5.53. The van der Waals surface area contributed by atoms with Crippen molar-refractivity contribution in [1.29, 1.82) is 0 Å². The summed E-state index contributed by atoms with van der Waals surface area (Å²) in [7, 11) is 0. The van der Waals surface area contributed by atoms with Crippen molar-refractivity contribution in [3.63, 3.8) is 0 Å². The minimum atomic E-state index is -0.0924. The van der Waals surface area contributed by atoms with Gasteiger partial charge < -0.3 is 5.73 Å². The van der Waals surface area contributed by atoms with E-state index in [4.69, 9.17) is 5.73 Å². The van der Waals surface area contributed by atoms with Crippen molar-refractivity contribution in [2.75, 3.05) is 0 Å². The number of nitrogens with two attached hydrogens (primary N) is 1. The second kappa shape index (κ2) is 3.65. The number of nitrogens with zero attached hydrogens (tertiary/aromatic N) is 1. The summed E-state index contributed by atoms with van der Waals surface area (Å²) >= 11 is 0. The molecule has 0 spiro atoms. The van der Waals surface area contributed by atoms with Crippen LogP contribution in [0.1, 0.15) is 47.5 Å². The Morgan fingerprint density at radius 1 is 1.36 bits per heavy atom. The number of aliphatic imine (C=N–C) groups is 1. The van der Waals surface area contributed by atoms with Gasteiger partial charge in [0.25, 0.3) is 0 Å². The molecule has 2 N–H and O–H groups in total. The third kappa shape index (κ3) is 3.09. The first kappa shape index (κ1) is 11.7. The van der Waals surface area contributed by atoms with Crippen molar-refractivity contribution in [1.82, 2.24) is 0 Å². The van der Waals surface area contributed by atoms with Crippen molar-refractivity contribution in [3.8, 4) is 0 Å². The van der Waals surface area contributed by atoms with Crippen LogP contribution in [0.3, 0.4) is 0 Å². The molecule has 0 aliphatic carbocycles. The molecule has 82 valence electrons. The standard InChI is InChI=1S/C12H24N2/c1-9-6-10(14-7-9)11(2,3)8-12(4,5)13/h7,9-10H,6,8,13H2,1-5H3/t9-,10-/m0/s1. The molecule has 0 unspecified atom stereocenters. The van der Waals surface area contributed by atoms with Crippen molar-refractivity contribution in [2.24, 2.45) is 22.1 Å². The highest BCUT2D eigenvalue weighted by molar-refractivity contribution is 5.63. The van der Waals surface area contributed by atoms with Gasteiger partial charge in [-0.1, -0.05) is 20.8 Å². The number of hydrogen-bond donors (Lipinski definition) is 1. The number of rotatable bonds is 3. The Hall–Kier alpha value is -0.370. The highest BCUT2D eigenvalue weighted by Crippen LogP contribution is 2.37. The molecule has 1 heterocycles. The van der Waals surface area contributed by atoms with Gasteiger partial charge in [0.1, 0.15) is 0 Å². The molecule has 2 atom stereocenters. The molecular weight excluding hydrogens is 172 g/mol. The van der Waals surface area contributed by atoms with Gasteiger partial charge in [-0.2, -0.15) is 0 Å². The van der Waals surface area contributed by atoms with Gasteiger partial charge in [0.2, 0.25) is 0 Å². The Bertz CT molecular complexity index is 223. The average Bonchev–Trinajstić information content (AvgIpc) is 2.29. The SMILES string of the molecule is C[C@@H]1C=N[C@H](C(C)(C)CC(C)(C)N)C1. The molecule has 2 nitrogen and oxygen atoms in total. The van der Waals surface area contributed by atoms with Crippen LogP contribution in [0.15, 0.2) is 4.99 Å². The maximum atomic E-state index is 6.07. The summed E-state index contributed by atoms with van der Waals surface area (Å²) in [6.07, 6.45) is 4.30. The van der Waals surface area contributed by atoms with Gasteiger partial charge in [0.05, 0.1) is 6.04 Å². The van der Waals surface area contributed by atoms with E-state index in [1.165, 1.54) is 6.42 Å². The van der Waals surface area contributed by atoms with E-state index in [9.17, 15) is 0 Å². The molecule has 1 rings (SSSR count). The smallest absolute Gasteiger partial charge is 0.0553 e. The monoisotopic (exact) mass is 196 g/mol. The second-order valence-electron chi connectivity index (χ2n) is 6.18. The van der Waals surface area contributed by atoms with E-state index in [2.05, 4.69) is 45.8 Å². The van der Waals surface area contributed by atoms with E-state index in [1.54, 1.807) is 0 Å². The molecule has 0 saturated heterocycles.